The third-order valence-corrected chi connectivity index (χ3v) is 3.45. The summed E-state index contributed by atoms with van der Waals surface area (Å²) in [5, 5.41) is 4.85. The number of halogens is 2. The zero-order valence-electron chi connectivity index (χ0n) is 9.03. The Morgan fingerprint density at radius 3 is 2.65 bits per heavy atom. The van der Waals surface area contributed by atoms with Crippen LogP contribution in [0.5, 0.6) is 5.75 Å². The first kappa shape index (κ1) is 14.4. The standard InChI is InChI=1S/C10H13BrFNO3S/c11-9-7-8(3-4-10(9)12)16-5-1-2-6-17(13,14)15/h3-4,7H,1-2,5-6H2,(H2,13,14,15). The van der Waals surface area contributed by atoms with Crippen molar-refractivity contribution in [2.75, 3.05) is 12.4 Å². The van der Waals surface area contributed by atoms with Crippen LogP contribution >= 0.6 is 15.9 Å². The largest absolute Gasteiger partial charge is 0.494 e. The molecular weight excluding hydrogens is 313 g/mol. The number of primary sulfonamides is 1. The molecule has 17 heavy (non-hydrogen) atoms. The summed E-state index contributed by atoms with van der Waals surface area (Å²) in [7, 11) is -3.39. The molecule has 0 atom stereocenters. The summed E-state index contributed by atoms with van der Waals surface area (Å²) in [6, 6.07) is 4.33. The van der Waals surface area contributed by atoms with Crippen molar-refractivity contribution in [3.05, 3.63) is 28.5 Å². The van der Waals surface area contributed by atoms with Gasteiger partial charge in [0.15, 0.2) is 0 Å². The number of nitrogens with two attached hydrogens (primary N) is 1. The fraction of sp³-hybridized carbons (Fsp3) is 0.400. The predicted molar refractivity (Wildman–Crippen MR) is 66.8 cm³/mol. The van der Waals surface area contributed by atoms with Crippen molar-refractivity contribution < 1.29 is 17.5 Å². The highest BCUT2D eigenvalue weighted by Gasteiger charge is 2.03. The van der Waals surface area contributed by atoms with E-state index in [1.165, 1.54) is 18.2 Å². The molecule has 0 saturated heterocycles. The zero-order valence-corrected chi connectivity index (χ0v) is 11.4. The van der Waals surface area contributed by atoms with Gasteiger partial charge in [-0.1, -0.05) is 0 Å². The second-order valence-electron chi connectivity index (χ2n) is 3.50. The van der Waals surface area contributed by atoms with Crippen LogP contribution < -0.4 is 9.88 Å². The Labute approximate surface area is 108 Å². The van der Waals surface area contributed by atoms with Crippen molar-refractivity contribution in [3.8, 4) is 5.75 Å². The average molecular weight is 326 g/mol. The van der Waals surface area contributed by atoms with Gasteiger partial charge in [0.1, 0.15) is 11.6 Å². The van der Waals surface area contributed by atoms with E-state index in [1.807, 2.05) is 0 Å². The molecule has 0 aliphatic carbocycles. The van der Waals surface area contributed by atoms with Gasteiger partial charge in [-0.25, -0.2) is 17.9 Å². The summed E-state index contributed by atoms with van der Waals surface area (Å²) in [6.07, 6.45) is 1.02. The van der Waals surface area contributed by atoms with Crippen molar-refractivity contribution in [2.24, 2.45) is 5.14 Å². The summed E-state index contributed by atoms with van der Waals surface area (Å²) in [4.78, 5) is 0. The van der Waals surface area contributed by atoms with Gasteiger partial charge in [-0.15, -0.1) is 0 Å². The van der Waals surface area contributed by atoms with Gasteiger partial charge in [0.25, 0.3) is 0 Å². The van der Waals surface area contributed by atoms with Gasteiger partial charge >= 0.3 is 0 Å². The fourth-order valence-corrected chi connectivity index (χ4v) is 2.13. The second-order valence-corrected chi connectivity index (χ2v) is 6.09. The highest BCUT2D eigenvalue weighted by Crippen LogP contribution is 2.21. The van der Waals surface area contributed by atoms with Crippen molar-refractivity contribution in [3.63, 3.8) is 0 Å². The van der Waals surface area contributed by atoms with Crippen LogP contribution in [0.2, 0.25) is 0 Å². The Morgan fingerprint density at radius 2 is 2.06 bits per heavy atom. The number of unbranched alkanes of at least 4 members (excludes halogenated alkanes) is 1. The number of hydrogen-bond acceptors (Lipinski definition) is 3. The summed E-state index contributed by atoms with van der Waals surface area (Å²) in [5.41, 5.74) is 0. The maximum absolute atomic E-state index is 12.9. The first-order chi connectivity index (χ1) is 7.88. The van der Waals surface area contributed by atoms with E-state index in [0.717, 1.165) is 0 Å². The lowest BCUT2D eigenvalue weighted by Crippen LogP contribution is -2.16. The van der Waals surface area contributed by atoms with Crippen molar-refractivity contribution in [1.82, 2.24) is 0 Å². The van der Waals surface area contributed by atoms with Gasteiger partial charge in [-0.3, -0.25) is 0 Å². The highest BCUT2D eigenvalue weighted by molar-refractivity contribution is 9.10. The molecule has 0 unspecified atom stereocenters. The van der Waals surface area contributed by atoms with E-state index in [4.69, 9.17) is 9.88 Å². The monoisotopic (exact) mass is 325 g/mol. The maximum atomic E-state index is 12.9. The van der Waals surface area contributed by atoms with E-state index >= 15 is 0 Å². The van der Waals surface area contributed by atoms with Gasteiger partial charge in [-0.05, 0) is 47.0 Å². The predicted octanol–water partition coefficient (Wildman–Crippen LogP) is 2.04. The highest BCUT2D eigenvalue weighted by atomic mass is 79.9. The molecule has 0 saturated carbocycles. The van der Waals surface area contributed by atoms with Crippen molar-refractivity contribution >= 4 is 26.0 Å². The van der Waals surface area contributed by atoms with Gasteiger partial charge in [0.05, 0.1) is 16.8 Å². The molecule has 1 aromatic carbocycles. The summed E-state index contributed by atoms with van der Waals surface area (Å²) in [5.74, 6) is 0.129. The topological polar surface area (TPSA) is 69.4 Å². The minimum Gasteiger partial charge on any atom is -0.494 e. The van der Waals surface area contributed by atoms with Gasteiger partial charge in [0, 0.05) is 0 Å². The third kappa shape index (κ3) is 5.99. The third-order valence-electron chi connectivity index (χ3n) is 1.98. The van der Waals surface area contributed by atoms with E-state index in [0.29, 0.717) is 29.7 Å². The molecule has 4 nitrogen and oxygen atoms in total. The molecule has 0 aromatic heterocycles. The van der Waals surface area contributed by atoms with Crippen LogP contribution in [0.15, 0.2) is 22.7 Å². The van der Waals surface area contributed by atoms with Crippen LogP contribution in [0.4, 0.5) is 4.39 Å². The fourth-order valence-electron chi connectivity index (χ4n) is 1.16. The van der Waals surface area contributed by atoms with E-state index in [-0.39, 0.29) is 11.6 Å². The molecule has 0 heterocycles. The minimum atomic E-state index is -3.39. The van der Waals surface area contributed by atoms with Crippen LogP contribution in [0, 0.1) is 5.82 Å². The molecule has 1 rings (SSSR count). The molecule has 0 radical (unpaired) electrons. The van der Waals surface area contributed by atoms with Crippen LogP contribution in [-0.2, 0) is 10.0 Å². The maximum Gasteiger partial charge on any atom is 0.209 e. The average Bonchev–Trinajstić information content (AvgIpc) is 2.21. The Balaban J connectivity index is 2.29. The molecule has 0 fully saturated rings. The first-order valence-corrected chi connectivity index (χ1v) is 7.47. The van der Waals surface area contributed by atoms with Crippen LogP contribution in [-0.4, -0.2) is 20.8 Å². The Bertz CT molecular complexity index is 478. The number of ether oxygens (including phenoxy) is 1. The molecule has 2 N–H and O–H groups in total. The second kappa shape index (κ2) is 6.32. The van der Waals surface area contributed by atoms with Crippen molar-refractivity contribution in [2.45, 2.75) is 12.8 Å². The van der Waals surface area contributed by atoms with Crippen molar-refractivity contribution in [1.29, 1.82) is 0 Å². The van der Waals surface area contributed by atoms with E-state index < -0.39 is 10.0 Å². The molecule has 0 spiro atoms. The number of benzene rings is 1. The van der Waals surface area contributed by atoms with Gasteiger partial charge in [-0.2, -0.15) is 0 Å². The van der Waals surface area contributed by atoms with E-state index in [2.05, 4.69) is 15.9 Å². The zero-order chi connectivity index (χ0) is 12.9. The molecule has 0 bridgehead atoms. The Hall–Kier alpha value is -0.660. The minimum absolute atomic E-state index is 0.0521. The lowest BCUT2D eigenvalue weighted by Gasteiger charge is -2.06. The molecule has 0 aliphatic heterocycles. The van der Waals surface area contributed by atoms with Crippen LogP contribution in [0.1, 0.15) is 12.8 Å². The normalized spacial score (nSPS) is 11.5. The number of rotatable bonds is 6. The Kier molecular flexibility index (Phi) is 5.35. The van der Waals surface area contributed by atoms with E-state index in [1.54, 1.807) is 0 Å². The number of sulfonamides is 1. The lowest BCUT2D eigenvalue weighted by atomic mass is 10.3. The van der Waals surface area contributed by atoms with Gasteiger partial charge < -0.3 is 4.74 Å². The van der Waals surface area contributed by atoms with Crippen LogP contribution in [0.3, 0.4) is 0 Å². The molecule has 1 aromatic rings. The first-order valence-electron chi connectivity index (χ1n) is 4.97. The van der Waals surface area contributed by atoms with Gasteiger partial charge in [0.2, 0.25) is 10.0 Å². The molecular formula is C10H13BrFNO3S. The quantitative estimate of drug-likeness (QED) is 0.813. The number of hydrogen-bond donors (Lipinski definition) is 1. The smallest absolute Gasteiger partial charge is 0.209 e. The molecule has 0 amide bonds. The molecule has 96 valence electrons. The summed E-state index contributed by atoms with van der Waals surface area (Å²) in [6.45, 7) is 0.369. The summed E-state index contributed by atoms with van der Waals surface area (Å²) >= 11 is 3.04. The lowest BCUT2D eigenvalue weighted by molar-refractivity contribution is 0.309. The Morgan fingerprint density at radius 1 is 1.35 bits per heavy atom. The summed E-state index contributed by atoms with van der Waals surface area (Å²) < 4.78 is 39.8. The van der Waals surface area contributed by atoms with E-state index in [9.17, 15) is 12.8 Å². The SMILES string of the molecule is NS(=O)(=O)CCCCOc1ccc(F)c(Br)c1. The molecule has 0 aliphatic rings. The van der Waals surface area contributed by atoms with Crippen LogP contribution in [0.25, 0.3) is 0 Å². The molecule has 7 heteroatoms.